The second-order valence-corrected chi connectivity index (χ2v) is 6.49. The molecular formula is C13H10ClNO4S. The first-order valence-corrected chi connectivity index (χ1v) is 7.76. The zero-order valence-corrected chi connectivity index (χ0v) is 11.9. The summed E-state index contributed by atoms with van der Waals surface area (Å²) in [6.45, 7) is 0. The molecule has 2 aromatic rings. The van der Waals surface area contributed by atoms with Gasteiger partial charge in [-0.25, -0.2) is 18.2 Å². The van der Waals surface area contributed by atoms with Crippen LogP contribution < -0.4 is 0 Å². The van der Waals surface area contributed by atoms with Crippen molar-refractivity contribution in [2.45, 2.75) is 5.03 Å². The van der Waals surface area contributed by atoms with Gasteiger partial charge in [0.1, 0.15) is 5.56 Å². The number of sulfone groups is 1. The smallest absolute Gasteiger partial charge is 0.339 e. The second kappa shape index (κ2) is 5.22. The fraction of sp³-hybridized carbons (Fsp3) is 0.0769. The third-order valence-corrected chi connectivity index (χ3v) is 3.90. The first kappa shape index (κ1) is 14.5. The summed E-state index contributed by atoms with van der Waals surface area (Å²) in [5.41, 5.74) is 0.501. The van der Waals surface area contributed by atoms with Crippen molar-refractivity contribution < 1.29 is 18.3 Å². The Morgan fingerprint density at radius 1 is 1.20 bits per heavy atom. The van der Waals surface area contributed by atoms with Crippen molar-refractivity contribution in [1.82, 2.24) is 4.98 Å². The van der Waals surface area contributed by atoms with Gasteiger partial charge >= 0.3 is 5.97 Å². The number of rotatable bonds is 3. The van der Waals surface area contributed by atoms with Gasteiger partial charge in [-0.2, -0.15) is 0 Å². The SMILES string of the molecule is CS(=O)(=O)c1nccc(-c2ccc(Cl)cc2)c1C(=O)O. The Morgan fingerprint density at radius 2 is 1.80 bits per heavy atom. The number of carboxylic acid groups (broad SMARTS) is 1. The predicted molar refractivity (Wildman–Crippen MR) is 74.8 cm³/mol. The van der Waals surface area contributed by atoms with E-state index in [0.29, 0.717) is 10.6 Å². The Morgan fingerprint density at radius 3 is 2.30 bits per heavy atom. The third-order valence-electron chi connectivity index (χ3n) is 2.64. The summed E-state index contributed by atoms with van der Waals surface area (Å²) >= 11 is 5.78. The molecule has 20 heavy (non-hydrogen) atoms. The molecule has 5 nitrogen and oxygen atoms in total. The van der Waals surface area contributed by atoms with E-state index in [1.807, 2.05) is 0 Å². The number of nitrogens with zero attached hydrogens (tertiary/aromatic N) is 1. The highest BCUT2D eigenvalue weighted by Gasteiger charge is 2.24. The summed E-state index contributed by atoms with van der Waals surface area (Å²) in [7, 11) is -3.74. The average molecular weight is 312 g/mol. The van der Waals surface area contributed by atoms with Crippen LogP contribution in [0.5, 0.6) is 0 Å². The highest BCUT2D eigenvalue weighted by molar-refractivity contribution is 7.90. The van der Waals surface area contributed by atoms with E-state index in [0.717, 1.165) is 6.26 Å². The third kappa shape index (κ3) is 2.81. The lowest BCUT2D eigenvalue weighted by Crippen LogP contribution is -2.11. The number of hydrogen-bond donors (Lipinski definition) is 1. The first-order valence-electron chi connectivity index (χ1n) is 5.49. The summed E-state index contributed by atoms with van der Waals surface area (Å²) in [5.74, 6) is -1.34. The normalized spacial score (nSPS) is 11.3. The molecule has 0 aliphatic rings. The summed E-state index contributed by atoms with van der Waals surface area (Å²) in [6, 6.07) is 7.90. The monoisotopic (exact) mass is 311 g/mol. The van der Waals surface area contributed by atoms with Crippen LogP contribution in [0.3, 0.4) is 0 Å². The number of pyridine rings is 1. The number of aromatic carboxylic acids is 1. The molecule has 1 aromatic heterocycles. The number of aromatic nitrogens is 1. The molecule has 0 saturated heterocycles. The van der Waals surface area contributed by atoms with Crippen molar-refractivity contribution in [3.63, 3.8) is 0 Å². The molecule has 0 atom stereocenters. The molecule has 0 fully saturated rings. The van der Waals surface area contributed by atoms with E-state index in [-0.39, 0.29) is 11.1 Å². The van der Waals surface area contributed by atoms with Crippen molar-refractivity contribution in [1.29, 1.82) is 0 Å². The van der Waals surface area contributed by atoms with Crippen LogP contribution in [0.15, 0.2) is 41.6 Å². The van der Waals surface area contributed by atoms with Crippen molar-refractivity contribution in [3.8, 4) is 11.1 Å². The molecule has 104 valence electrons. The van der Waals surface area contributed by atoms with Crippen LogP contribution in [0.25, 0.3) is 11.1 Å². The van der Waals surface area contributed by atoms with Crippen LogP contribution in [0.2, 0.25) is 5.02 Å². The zero-order valence-electron chi connectivity index (χ0n) is 10.4. The van der Waals surface area contributed by atoms with E-state index in [2.05, 4.69) is 4.98 Å². The number of carbonyl (C=O) groups is 1. The Hall–Kier alpha value is -1.92. The number of carboxylic acids is 1. The van der Waals surface area contributed by atoms with Gasteiger partial charge in [0.25, 0.3) is 0 Å². The Labute approximate surface area is 120 Å². The maximum atomic E-state index is 11.6. The van der Waals surface area contributed by atoms with Gasteiger partial charge in [0.05, 0.1) is 0 Å². The molecule has 2 rings (SSSR count). The molecular weight excluding hydrogens is 302 g/mol. The molecule has 0 amide bonds. The molecule has 0 saturated carbocycles. The van der Waals surface area contributed by atoms with Gasteiger partial charge in [0.2, 0.25) is 0 Å². The first-order chi connectivity index (χ1) is 9.30. The van der Waals surface area contributed by atoms with E-state index >= 15 is 0 Å². The molecule has 0 radical (unpaired) electrons. The molecule has 1 N–H and O–H groups in total. The van der Waals surface area contributed by atoms with E-state index < -0.39 is 20.8 Å². The van der Waals surface area contributed by atoms with E-state index in [4.69, 9.17) is 11.6 Å². The van der Waals surface area contributed by atoms with Gasteiger partial charge in [-0.3, -0.25) is 0 Å². The van der Waals surface area contributed by atoms with E-state index in [1.54, 1.807) is 24.3 Å². The van der Waals surface area contributed by atoms with Crippen LogP contribution in [-0.4, -0.2) is 30.7 Å². The van der Waals surface area contributed by atoms with Crippen molar-refractivity contribution in [2.24, 2.45) is 0 Å². The summed E-state index contributed by atoms with van der Waals surface area (Å²) in [4.78, 5) is 15.1. The molecule has 0 unspecified atom stereocenters. The van der Waals surface area contributed by atoms with Crippen LogP contribution in [0.4, 0.5) is 0 Å². The fourth-order valence-electron chi connectivity index (χ4n) is 1.80. The van der Waals surface area contributed by atoms with Gasteiger partial charge < -0.3 is 5.11 Å². The number of halogens is 1. The maximum absolute atomic E-state index is 11.6. The lowest BCUT2D eigenvalue weighted by molar-refractivity contribution is 0.0692. The van der Waals surface area contributed by atoms with Gasteiger partial charge in [-0.05, 0) is 23.8 Å². The maximum Gasteiger partial charge on any atom is 0.339 e. The van der Waals surface area contributed by atoms with Gasteiger partial charge in [-0.1, -0.05) is 23.7 Å². The lowest BCUT2D eigenvalue weighted by atomic mass is 10.0. The molecule has 1 heterocycles. The van der Waals surface area contributed by atoms with Crippen molar-refractivity contribution in [2.75, 3.05) is 6.26 Å². The highest BCUT2D eigenvalue weighted by Crippen LogP contribution is 2.28. The standard InChI is InChI=1S/C13H10ClNO4S/c1-20(18,19)12-11(13(16)17)10(6-7-15-12)8-2-4-9(14)5-3-8/h2-7H,1H3,(H,16,17). The molecule has 0 aliphatic carbocycles. The zero-order chi connectivity index (χ0) is 14.9. The molecule has 7 heteroatoms. The fourth-order valence-corrected chi connectivity index (χ4v) is 2.75. The Kier molecular flexibility index (Phi) is 3.78. The largest absolute Gasteiger partial charge is 0.478 e. The summed E-state index contributed by atoms with van der Waals surface area (Å²) in [5, 5.41) is 9.35. The average Bonchev–Trinajstić information content (AvgIpc) is 2.37. The minimum absolute atomic E-state index is 0.282. The number of hydrogen-bond acceptors (Lipinski definition) is 4. The summed E-state index contributed by atoms with van der Waals surface area (Å²) in [6.07, 6.45) is 2.19. The van der Waals surface area contributed by atoms with Crippen LogP contribution in [0.1, 0.15) is 10.4 Å². The molecule has 1 aromatic carbocycles. The predicted octanol–water partition coefficient (Wildman–Crippen LogP) is 2.50. The van der Waals surface area contributed by atoms with Gasteiger partial charge in [0, 0.05) is 23.0 Å². The minimum Gasteiger partial charge on any atom is -0.478 e. The Bertz CT molecular complexity index is 769. The van der Waals surface area contributed by atoms with Crippen molar-refractivity contribution >= 4 is 27.4 Å². The lowest BCUT2D eigenvalue weighted by Gasteiger charge is -2.09. The minimum atomic E-state index is -3.74. The number of benzene rings is 1. The molecule has 0 bridgehead atoms. The molecule has 0 spiro atoms. The van der Waals surface area contributed by atoms with Crippen molar-refractivity contribution in [3.05, 3.63) is 47.1 Å². The topological polar surface area (TPSA) is 84.3 Å². The quantitative estimate of drug-likeness (QED) is 0.941. The Balaban J connectivity index is 2.77. The summed E-state index contributed by atoms with van der Waals surface area (Å²) < 4.78 is 23.3. The van der Waals surface area contributed by atoms with Crippen LogP contribution in [-0.2, 0) is 9.84 Å². The molecule has 0 aliphatic heterocycles. The van der Waals surface area contributed by atoms with Gasteiger partial charge in [0.15, 0.2) is 14.9 Å². The highest BCUT2D eigenvalue weighted by atomic mass is 35.5. The van der Waals surface area contributed by atoms with E-state index in [1.165, 1.54) is 12.3 Å². The van der Waals surface area contributed by atoms with Crippen LogP contribution >= 0.6 is 11.6 Å². The van der Waals surface area contributed by atoms with Crippen LogP contribution in [0, 0.1) is 0 Å². The van der Waals surface area contributed by atoms with E-state index in [9.17, 15) is 18.3 Å². The van der Waals surface area contributed by atoms with Gasteiger partial charge in [-0.15, -0.1) is 0 Å². The second-order valence-electron chi connectivity index (χ2n) is 4.12.